The Kier molecular flexibility index (Phi) is 4.61. The predicted molar refractivity (Wildman–Crippen MR) is 79.7 cm³/mol. The molecule has 0 saturated heterocycles. The van der Waals surface area contributed by atoms with Gasteiger partial charge in [0, 0.05) is 9.79 Å². The van der Waals surface area contributed by atoms with Crippen molar-refractivity contribution in [2.45, 2.75) is 23.1 Å². The van der Waals surface area contributed by atoms with Crippen molar-refractivity contribution in [2.24, 2.45) is 0 Å². The molecule has 0 bridgehead atoms. The van der Waals surface area contributed by atoms with Gasteiger partial charge in [-0.25, -0.2) is 0 Å². The van der Waals surface area contributed by atoms with Crippen molar-refractivity contribution in [2.75, 3.05) is 0 Å². The van der Waals surface area contributed by atoms with Crippen molar-refractivity contribution >= 4 is 16.8 Å². The monoisotopic (exact) mass is 296 g/mol. The van der Waals surface area contributed by atoms with Crippen LogP contribution in [-0.2, 0) is 16.5 Å². The lowest BCUT2D eigenvalue weighted by molar-refractivity contribution is 0.362. The zero-order valence-corrected chi connectivity index (χ0v) is 12.3. The summed E-state index contributed by atoms with van der Waals surface area (Å²) < 4.78 is 0. The highest BCUT2D eigenvalue weighted by atomic mass is 32.5. The van der Waals surface area contributed by atoms with Gasteiger partial charge in [0.2, 0.25) is 0 Å². The van der Waals surface area contributed by atoms with E-state index in [4.69, 9.17) is 0 Å². The highest BCUT2D eigenvalue weighted by molar-refractivity contribution is 8.27. The van der Waals surface area contributed by atoms with Gasteiger partial charge in [0.25, 0.3) is 6.72 Å². The average molecular weight is 296 g/mol. The van der Waals surface area contributed by atoms with Crippen LogP contribution in [0.3, 0.4) is 0 Å². The smallest absolute Gasteiger partial charge is 0.286 e. The number of hydrogen-bond acceptors (Lipinski definition) is 0. The van der Waals surface area contributed by atoms with Crippen molar-refractivity contribution in [3.05, 3.63) is 60.2 Å². The van der Waals surface area contributed by atoms with Crippen LogP contribution in [0.2, 0.25) is 0 Å². The molecular formula is C14H17O3PS. The second kappa shape index (κ2) is 6.04. The molecule has 0 radical (unpaired) electrons. The van der Waals surface area contributed by atoms with Crippen molar-refractivity contribution in [3.8, 4) is 0 Å². The van der Waals surface area contributed by atoms with E-state index >= 15 is 0 Å². The minimum Gasteiger partial charge on any atom is -0.328 e. The maximum Gasteiger partial charge on any atom is 0.286 e. The topological polar surface area (TPSA) is 60.7 Å². The van der Waals surface area contributed by atoms with Crippen molar-refractivity contribution in [3.63, 3.8) is 0 Å². The van der Waals surface area contributed by atoms with E-state index in [-0.39, 0.29) is 0 Å². The zero-order chi connectivity index (χ0) is 13.9. The highest BCUT2D eigenvalue weighted by Crippen LogP contribution is 2.44. The molecule has 0 amide bonds. The molecule has 0 aliphatic carbocycles. The number of rotatable bonds is 3. The standard InChI is InChI=1S/C14H17O3PS/c1-2-12-8-6-7-11-14(12)19(18(15,16)17)13-9-4-3-5-10-13/h3-11,15-17H,2H2,1H3. The van der Waals surface area contributed by atoms with Crippen LogP contribution in [-0.4, -0.2) is 14.7 Å². The third-order valence-corrected chi connectivity index (χ3v) is 7.49. The summed E-state index contributed by atoms with van der Waals surface area (Å²) in [6.45, 7) is -1.97. The van der Waals surface area contributed by atoms with Crippen molar-refractivity contribution in [1.82, 2.24) is 0 Å². The first-order chi connectivity index (χ1) is 9.04. The minimum absolute atomic E-state index is 0.740. The summed E-state index contributed by atoms with van der Waals surface area (Å²) >= 11 is 0. The van der Waals surface area contributed by atoms with Gasteiger partial charge in [0.1, 0.15) is 0 Å². The van der Waals surface area contributed by atoms with Crippen LogP contribution >= 0.6 is 6.72 Å². The summed E-state index contributed by atoms with van der Waals surface area (Å²) in [7, 11) is -1.10. The average Bonchev–Trinajstić information content (AvgIpc) is 2.39. The fraction of sp³-hybridized carbons (Fsp3) is 0.143. The Labute approximate surface area is 115 Å². The second-order valence-electron chi connectivity index (χ2n) is 4.07. The molecule has 3 nitrogen and oxygen atoms in total. The second-order valence-corrected chi connectivity index (χ2v) is 9.14. The van der Waals surface area contributed by atoms with E-state index in [2.05, 4.69) is 0 Å². The van der Waals surface area contributed by atoms with E-state index in [9.17, 15) is 14.7 Å². The van der Waals surface area contributed by atoms with Crippen molar-refractivity contribution < 1.29 is 14.7 Å². The molecule has 0 saturated carbocycles. The normalized spacial score (nSPS) is 13.3. The quantitative estimate of drug-likeness (QED) is 0.763. The molecular weight excluding hydrogens is 279 g/mol. The first kappa shape index (κ1) is 14.5. The van der Waals surface area contributed by atoms with Crippen LogP contribution in [0.1, 0.15) is 12.5 Å². The molecule has 2 aromatic carbocycles. The number of hydrogen-bond donors (Lipinski definition) is 3. The van der Waals surface area contributed by atoms with E-state index in [1.807, 2.05) is 61.5 Å². The summed E-state index contributed by atoms with van der Waals surface area (Å²) in [5.41, 5.74) is 1.02. The van der Waals surface area contributed by atoms with Gasteiger partial charge >= 0.3 is 0 Å². The Morgan fingerprint density at radius 3 is 2.05 bits per heavy atom. The summed E-state index contributed by atoms with van der Waals surface area (Å²) in [6, 6.07) is 16.7. The van der Waals surface area contributed by atoms with E-state index in [1.54, 1.807) is 0 Å². The van der Waals surface area contributed by atoms with Crippen molar-refractivity contribution in [1.29, 1.82) is 0 Å². The van der Waals surface area contributed by atoms with Gasteiger partial charge in [-0.2, -0.15) is 0 Å². The third-order valence-electron chi connectivity index (χ3n) is 2.77. The van der Waals surface area contributed by atoms with Crippen LogP contribution in [0, 0.1) is 0 Å². The maximum absolute atomic E-state index is 9.84. The lowest BCUT2D eigenvalue weighted by Gasteiger charge is -2.18. The number of aryl methyl sites for hydroxylation is 1. The molecule has 5 heteroatoms. The SMILES string of the molecule is CCc1ccccc1S(c1ccccc1)=P(O)(O)O. The minimum atomic E-state index is -3.98. The molecule has 1 unspecified atom stereocenters. The lowest BCUT2D eigenvalue weighted by Crippen LogP contribution is -2.00. The molecule has 0 heterocycles. The molecule has 2 aromatic rings. The van der Waals surface area contributed by atoms with E-state index in [0.717, 1.165) is 21.8 Å². The Morgan fingerprint density at radius 2 is 1.47 bits per heavy atom. The van der Waals surface area contributed by atoms with Crippen LogP contribution in [0.4, 0.5) is 0 Å². The molecule has 2 rings (SSSR count). The highest BCUT2D eigenvalue weighted by Gasteiger charge is 2.18. The fourth-order valence-electron chi connectivity index (χ4n) is 1.93. The molecule has 3 N–H and O–H groups in total. The Morgan fingerprint density at radius 1 is 0.895 bits per heavy atom. The summed E-state index contributed by atoms with van der Waals surface area (Å²) in [5, 5.41) is 0. The largest absolute Gasteiger partial charge is 0.328 e. The zero-order valence-electron chi connectivity index (χ0n) is 10.6. The van der Waals surface area contributed by atoms with Crippen LogP contribution in [0.15, 0.2) is 64.4 Å². The molecule has 1 atom stereocenters. The summed E-state index contributed by atoms with van der Waals surface area (Å²) in [4.78, 5) is 31.1. The van der Waals surface area contributed by atoms with Gasteiger partial charge in [-0.3, -0.25) is 0 Å². The molecule has 0 aromatic heterocycles. The van der Waals surface area contributed by atoms with Gasteiger partial charge in [-0.1, -0.05) is 53.4 Å². The molecule has 0 fully saturated rings. The number of benzene rings is 2. The Bertz CT molecular complexity index is 611. The Hall–Kier alpha value is -0.900. The van der Waals surface area contributed by atoms with E-state index < -0.39 is 16.8 Å². The van der Waals surface area contributed by atoms with Gasteiger partial charge in [0.15, 0.2) is 0 Å². The predicted octanol–water partition coefficient (Wildman–Crippen LogP) is 2.94. The van der Waals surface area contributed by atoms with Crippen LogP contribution < -0.4 is 0 Å². The molecule has 0 aliphatic heterocycles. The summed E-state index contributed by atoms with van der Waals surface area (Å²) in [5.74, 6) is 0. The summed E-state index contributed by atoms with van der Waals surface area (Å²) in [6.07, 6.45) is 0.784. The van der Waals surface area contributed by atoms with Gasteiger partial charge in [0.05, 0.1) is 0 Å². The molecule has 0 spiro atoms. The Balaban J connectivity index is 2.72. The van der Waals surface area contributed by atoms with E-state index in [1.165, 1.54) is 0 Å². The van der Waals surface area contributed by atoms with Gasteiger partial charge < -0.3 is 14.7 Å². The van der Waals surface area contributed by atoms with Crippen LogP contribution in [0.5, 0.6) is 0 Å². The first-order valence-corrected chi connectivity index (χ1v) is 9.47. The van der Waals surface area contributed by atoms with Gasteiger partial charge in [-0.15, -0.1) is 0 Å². The van der Waals surface area contributed by atoms with Crippen LogP contribution in [0.25, 0.3) is 0 Å². The fourth-order valence-corrected chi connectivity index (χ4v) is 6.36. The van der Waals surface area contributed by atoms with E-state index in [0.29, 0.717) is 0 Å². The first-order valence-electron chi connectivity index (χ1n) is 5.99. The molecule has 102 valence electrons. The van der Waals surface area contributed by atoms with Gasteiger partial charge in [-0.05, 0) is 30.2 Å². The molecule has 19 heavy (non-hydrogen) atoms. The third kappa shape index (κ3) is 3.35. The maximum atomic E-state index is 9.84. The lowest BCUT2D eigenvalue weighted by atomic mass is 10.2. The molecule has 0 aliphatic rings.